The van der Waals surface area contributed by atoms with Crippen molar-refractivity contribution in [1.29, 1.82) is 0 Å². The van der Waals surface area contributed by atoms with Crippen LogP contribution in [0.4, 0.5) is 24.0 Å². The number of nitrogens with one attached hydrogen (secondary N) is 2. The number of nitrogens with zero attached hydrogens (tertiary/aromatic N) is 5. The van der Waals surface area contributed by atoms with Crippen LogP contribution < -0.4 is 25.4 Å². The lowest BCUT2D eigenvalue weighted by Crippen LogP contribution is -2.60. The molecule has 0 saturated carbocycles. The van der Waals surface area contributed by atoms with E-state index < -0.39 is 39.6 Å². The minimum Gasteiger partial charge on any atom is -0.406 e. The van der Waals surface area contributed by atoms with Crippen molar-refractivity contribution in [3.05, 3.63) is 70.6 Å². The van der Waals surface area contributed by atoms with E-state index in [0.717, 1.165) is 57.7 Å². The number of ether oxygens (including phenoxy) is 1. The smallest absolute Gasteiger partial charge is 0.406 e. The third-order valence-electron chi connectivity index (χ3n) is 7.09. The molecule has 3 heterocycles. The Morgan fingerprint density at radius 2 is 1.86 bits per heavy atom. The van der Waals surface area contributed by atoms with Gasteiger partial charge in [0.1, 0.15) is 22.0 Å². The van der Waals surface area contributed by atoms with Gasteiger partial charge in [-0.1, -0.05) is 23.5 Å². The van der Waals surface area contributed by atoms with E-state index in [1.54, 1.807) is 4.90 Å². The predicted molar refractivity (Wildman–Crippen MR) is 158 cm³/mol. The fraction of sp³-hybridized carbons (Fsp3) is 0.333. The van der Waals surface area contributed by atoms with Gasteiger partial charge < -0.3 is 19.9 Å². The molecular formula is C27H28F3N7O5S2. The largest absolute Gasteiger partial charge is 0.573 e. The van der Waals surface area contributed by atoms with Gasteiger partial charge in [0, 0.05) is 45.5 Å². The molecule has 17 heteroatoms. The Bertz CT molecular complexity index is 1800. The molecule has 0 unspecified atom stereocenters. The molecule has 1 amide bonds. The van der Waals surface area contributed by atoms with Gasteiger partial charge in [0.25, 0.3) is 5.56 Å². The minimum absolute atomic E-state index is 0.0915. The Hall–Kier alpha value is -4.22. The summed E-state index contributed by atoms with van der Waals surface area (Å²) >= 11 is 1.09. The summed E-state index contributed by atoms with van der Waals surface area (Å²) in [7, 11) is -2.38. The summed E-state index contributed by atoms with van der Waals surface area (Å²) in [5, 5.41) is 9.33. The molecule has 0 radical (unpaired) electrons. The second kappa shape index (κ2) is 12.4. The summed E-state index contributed by atoms with van der Waals surface area (Å²) in [6.07, 6.45) is -3.54. The van der Waals surface area contributed by atoms with E-state index >= 15 is 0 Å². The van der Waals surface area contributed by atoms with Gasteiger partial charge in [-0.3, -0.25) is 9.59 Å². The second-order valence-corrected chi connectivity index (χ2v) is 12.8. The highest BCUT2D eigenvalue weighted by Gasteiger charge is 2.41. The molecule has 1 aliphatic rings. The lowest BCUT2D eigenvalue weighted by molar-refractivity contribution is -0.274. The number of rotatable bonds is 9. The van der Waals surface area contributed by atoms with E-state index in [2.05, 4.69) is 30.1 Å². The van der Waals surface area contributed by atoms with Crippen molar-refractivity contribution in [3.63, 3.8) is 0 Å². The number of alkyl halides is 3. The van der Waals surface area contributed by atoms with Crippen molar-refractivity contribution >= 4 is 48.3 Å². The number of aromatic amines is 1. The summed E-state index contributed by atoms with van der Waals surface area (Å²) in [4.78, 5) is 33.7. The van der Waals surface area contributed by atoms with Gasteiger partial charge in [0.2, 0.25) is 15.9 Å². The molecule has 44 heavy (non-hydrogen) atoms. The van der Waals surface area contributed by atoms with Gasteiger partial charge in [-0.05, 0) is 48.9 Å². The van der Waals surface area contributed by atoms with Gasteiger partial charge >= 0.3 is 6.36 Å². The lowest BCUT2D eigenvalue weighted by atomic mass is 10.1. The maximum absolute atomic E-state index is 13.7. The Balaban J connectivity index is 1.40. The first kappa shape index (κ1) is 31.2. The molecule has 0 aliphatic carbocycles. The number of carbonyl (C=O) groups is 1. The van der Waals surface area contributed by atoms with E-state index in [1.807, 2.05) is 38.2 Å². The van der Waals surface area contributed by atoms with Crippen molar-refractivity contribution < 1.29 is 31.1 Å². The van der Waals surface area contributed by atoms with E-state index in [4.69, 9.17) is 0 Å². The van der Waals surface area contributed by atoms with Crippen LogP contribution in [0.15, 0.2) is 64.4 Å². The molecule has 12 nitrogen and oxygen atoms in total. The zero-order chi connectivity index (χ0) is 31.6. The molecular weight excluding hydrogens is 623 g/mol. The monoisotopic (exact) mass is 651 g/mol. The number of halogens is 3. The summed E-state index contributed by atoms with van der Waals surface area (Å²) in [6, 6.07) is 10.1. The van der Waals surface area contributed by atoms with E-state index in [1.165, 1.54) is 6.20 Å². The third-order valence-corrected chi connectivity index (χ3v) is 10.1. The molecule has 4 aromatic rings. The zero-order valence-electron chi connectivity index (χ0n) is 23.5. The molecule has 2 aromatic carbocycles. The Morgan fingerprint density at radius 3 is 2.50 bits per heavy atom. The molecule has 0 spiro atoms. The van der Waals surface area contributed by atoms with E-state index in [0.29, 0.717) is 15.3 Å². The highest BCUT2D eigenvalue weighted by Crippen LogP contribution is 2.31. The molecule has 234 valence electrons. The first-order chi connectivity index (χ1) is 20.9. The van der Waals surface area contributed by atoms with Crippen molar-refractivity contribution in [2.45, 2.75) is 30.8 Å². The summed E-state index contributed by atoms with van der Waals surface area (Å²) in [5.74, 6) is -1.15. The maximum atomic E-state index is 13.7. The minimum atomic E-state index is -4.94. The number of thiazole rings is 1. The highest BCUT2D eigenvalue weighted by atomic mass is 32.2. The zero-order valence-corrected chi connectivity index (χ0v) is 25.2. The van der Waals surface area contributed by atoms with Crippen molar-refractivity contribution in [2.75, 3.05) is 43.0 Å². The number of hydrogen-bond donors (Lipinski definition) is 2. The van der Waals surface area contributed by atoms with Crippen LogP contribution in [-0.2, 0) is 21.4 Å². The summed E-state index contributed by atoms with van der Waals surface area (Å²) < 4.78 is 70.5. The Kier molecular flexibility index (Phi) is 8.80. The molecule has 5 rings (SSSR count). The first-order valence-electron chi connectivity index (χ1n) is 13.4. The molecule has 1 aliphatic heterocycles. The van der Waals surface area contributed by atoms with Crippen LogP contribution in [0.25, 0.3) is 10.2 Å². The number of piperazine rings is 1. The van der Waals surface area contributed by atoms with E-state index in [9.17, 15) is 31.2 Å². The number of hydrogen-bond acceptors (Lipinski definition) is 10. The number of amides is 1. The number of carbonyl (C=O) groups excluding carboxylic acids is 1. The quantitative estimate of drug-likeness (QED) is 0.280. The number of benzene rings is 2. The van der Waals surface area contributed by atoms with Crippen LogP contribution in [0, 0.1) is 0 Å². The average molecular weight is 652 g/mol. The Labute approximate surface area is 254 Å². The fourth-order valence-electron chi connectivity index (χ4n) is 4.66. The van der Waals surface area contributed by atoms with Gasteiger partial charge in [-0.2, -0.15) is 9.40 Å². The van der Waals surface area contributed by atoms with Crippen molar-refractivity contribution in [1.82, 2.24) is 24.8 Å². The molecule has 1 fully saturated rings. The van der Waals surface area contributed by atoms with Crippen molar-refractivity contribution in [2.24, 2.45) is 0 Å². The lowest BCUT2D eigenvalue weighted by Gasteiger charge is -2.39. The van der Waals surface area contributed by atoms with Crippen LogP contribution in [0.1, 0.15) is 12.5 Å². The number of H-pyrrole nitrogens is 1. The fourth-order valence-corrected chi connectivity index (χ4v) is 7.19. The van der Waals surface area contributed by atoms with Gasteiger partial charge in [0.05, 0.1) is 11.1 Å². The van der Waals surface area contributed by atoms with Crippen LogP contribution in [0.3, 0.4) is 0 Å². The summed E-state index contributed by atoms with van der Waals surface area (Å²) in [6.45, 7) is 2.88. The molecule has 2 N–H and O–H groups in total. The molecule has 2 aromatic heterocycles. The van der Waals surface area contributed by atoms with Crippen LogP contribution in [0.5, 0.6) is 5.75 Å². The summed E-state index contributed by atoms with van der Waals surface area (Å²) in [5.41, 5.74) is 1.74. The van der Waals surface area contributed by atoms with Crippen LogP contribution >= 0.6 is 11.3 Å². The van der Waals surface area contributed by atoms with Gasteiger partial charge in [-0.15, -0.1) is 13.2 Å². The number of anilines is 2. The third kappa shape index (κ3) is 6.79. The number of fused-ring (bicyclic) bond motifs is 1. The standard InChI is InChI=1S/C27H28F3N7O5S2/c1-3-35(2)18-6-4-17(5-7-18)14-31-24(38)22-16-36(26-33-21-15-32-34-25(39)23(21)43-26)12-13-37(22)44(40,41)20-10-8-19(9-11-20)42-27(28,29)30/h4-11,15,22H,3,12-14,16H2,1-2H3,(H,31,38)(H,34,39)/t22-/m1/s1. The maximum Gasteiger partial charge on any atom is 0.573 e. The first-order valence-corrected chi connectivity index (χ1v) is 15.7. The topological polar surface area (TPSA) is 141 Å². The van der Waals surface area contributed by atoms with Crippen LogP contribution in [0.2, 0.25) is 0 Å². The average Bonchev–Trinajstić information content (AvgIpc) is 3.45. The van der Waals surface area contributed by atoms with Gasteiger partial charge in [-0.25, -0.2) is 18.5 Å². The second-order valence-electron chi connectivity index (χ2n) is 9.91. The Morgan fingerprint density at radius 1 is 1.16 bits per heavy atom. The molecule has 1 saturated heterocycles. The highest BCUT2D eigenvalue weighted by molar-refractivity contribution is 7.89. The normalized spacial score (nSPS) is 16.2. The molecule has 1 atom stereocenters. The van der Waals surface area contributed by atoms with Crippen molar-refractivity contribution in [3.8, 4) is 5.75 Å². The van der Waals surface area contributed by atoms with Crippen LogP contribution in [-0.4, -0.2) is 79.4 Å². The SMILES string of the molecule is CCN(C)c1ccc(CNC(=O)[C@H]2CN(c3nc4cn[nH]c(=O)c4s3)CCN2S(=O)(=O)c2ccc(OC(F)(F)F)cc2)cc1. The number of aromatic nitrogens is 3. The van der Waals surface area contributed by atoms with E-state index in [-0.39, 0.29) is 31.1 Å². The predicted octanol–water partition coefficient (Wildman–Crippen LogP) is 2.93. The van der Waals surface area contributed by atoms with Gasteiger partial charge in [0.15, 0.2) is 5.13 Å². The number of sulfonamides is 1. The molecule has 0 bridgehead atoms.